The van der Waals surface area contributed by atoms with E-state index >= 15 is 0 Å². The van der Waals surface area contributed by atoms with Crippen LogP contribution in [0.2, 0.25) is 0 Å². The van der Waals surface area contributed by atoms with Crippen molar-refractivity contribution in [3.05, 3.63) is 126 Å². The van der Waals surface area contributed by atoms with Crippen LogP contribution < -0.4 is 5.32 Å². The number of nitrogens with one attached hydrogen (secondary N) is 1. The Hall–Kier alpha value is -4.55. The average Bonchev–Trinajstić information content (AvgIpc) is 3.60. The molecule has 6 heteroatoms. The first-order valence-electron chi connectivity index (χ1n) is 11.7. The minimum atomic E-state index is -0.127. The summed E-state index contributed by atoms with van der Waals surface area (Å²) in [4.78, 5) is 22.3. The Morgan fingerprint density at radius 2 is 1.47 bits per heavy atom. The summed E-state index contributed by atoms with van der Waals surface area (Å²) in [6, 6.07) is 32.0. The number of nitrogens with zero attached hydrogens (tertiary/aromatic N) is 3. The van der Waals surface area contributed by atoms with Crippen molar-refractivity contribution < 1.29 is 4.79 Å². The molecule has 0 saturated heterocycles. The van der Waals surface area contributed by atoms with E-state index < -0.39 is 0 Å². The molecular formula is C30H22N4OS. The third-order valence-electron chi connectivity index (χ3n) is 6.02. The van der Waals surface area contributed by atoms with Gasteiger partial charge in [-0.3, -0.25) is 4.79 Å². The van der Waals surface area contributed by atoms with Gasteiger partial charge in [0.05, 0.1) is 11.4 Å². The molecule has 0 spiro atoms. The van der Waals surface area contributed by atoms with E-state index in [-0.39, 0.29) is 5.91 Å². The van der Waals surface area contributed by atoms with Gasteiger partial charge in [-0.2, -0.15) is 0 Å². The molecule has 5 nitrogen and oxygen atoms in total. The van der Waals surface area contributed by atoms with Crippen LogP contribution in [0.3, 0.4) is 0 Å². The Bertz CT molecular complexity index is 1640. The number of hydrogen-bond donors (Lipinski definition) is 1. The van der Waals surface area contributed by atoms with E-state index in [2.05, 4.69) is 39.9 Å². The first-order chi connectivity index (χ1) is 17.7. The van der Waals surface area contributed by atoms with Crippen LogP contribution in [0.4, 0.5) is 0 Å². The number of imidazole rings is 1. The van der Waals surface area contributed by atoms with Crippen molar-refractivity contribution in [2.75, 3.05) is 0 Å². The maximum atomic E-state index is 12.8. The maximum absolute atomic E-state index is 12.8. The van der Waals surface area contributed by atoms with Crippen LogP contribution >= 0.6 is 11.3 Å². The summed E-state index contributed by atoms with van der Waals surface area (Å²) in [5.74, 6) is -0.127. The number of benzene rings is 3. The Labute approximate surface area is 212 Å². The van der Waals surface area contributed by atoms with Gasteiger partial charge in [-0.05, 0) is 17.7 Å². The number of aromatic nitrogens is 3. The quantitative estimate of drug-likeness (QED) is 0.284. The monoisotopic (exact) mass is 486 g/mol. The predicted octanol–water partition coefficient (Wildman–Crippen LogP) is 6.72. The number of pyridine rings is 1. The molecule has 0 radical (unpaired) electrons. The molecule has 1 amide bonds. The first kappa shape index (κ1) is 21.9. The van der Waals surface area contributed by atoms with Gasteiger partial charge in [-0.1, -0.05) is 84.9 Å². The number of thiazole rings is 1. The fourth-order valence-electron chi connectivity index (χ4n) is 4.07. The van der Waals surface area contributed by atoms with E-state index in [0.717, 1.165) is 44.3 Å². The van der Waals surface area contributed by atoms with E-state index in [1.54, 1.807) is 11.3 Å². The van der Waals surface area contributed by atoms with Crippen molar-refractivity contribution in [3.8, 4) is 33.1 Å². The SMILES string of the molecule is O=C(NCc1ccc(-c2nc(-c3ccccc3)cs2)cc1)c1ccn2cc(-c3ccccc3)nc2c1. The number of carbonyl (C=O) groups excluding carboxylic acids is 1. The predicted molar refractivity (Wildman–Crippen MR) is 145 cm³/mol. The van der Waals surface area contributed by atoms with Gasteiger partial charge in [0.25, 0.3) is 5.91 Å². The van der Waals surface area contributed by atoms with Gasteiger partial charge < -0.3 is 9.72 Å². The minimum absolute atomic E-state index is 0.127. The molecule has 3 heterocycles. The molecule has 1 N–H and O–H groups in total. The smallest absolute Gasteiger partial charge is 0.251 e. The van der Waals surface area contributed by atoms with Crippen LogP contribution in [0, 0.1) is 0 Å². The van der Waals surface area contributed by atoms with Gasteiger partial charge in [0, 0.05) is 46.6 Å². The third kappa shape index (κ3) is 4.54. The van der Waals surface area contributed by atoms with E-state index in [1.807, 2.05) is 89.6 Å². The van der Waals surface area contributed by atoms with E-state index in [4.69, 9.17) is 4.98 Å². The Balaban J connectivity index is 1.12. The van der Waals surface area contributed by atoms with Gasteiger partial charge in [-0.25, -0.2) is 9.97 Å². The van der Waals surface area contributed by atoms with Crippen molar-refractivity contribution in [3.63, 3.8) is 0 Å². The highest BCUT2D eigenvalue weighted by Gasteiger charge is 2.10. The second kappa shape index (κ2) is 9.60. The van der Waals surface area contributed by atoms with Gasteiger partial charge in [0.1, 0.15) is 10.7 Å². The molecular weight excluding hydrogens is 464 g/mol. The van der Waals surface area contributed by atoms with E-state index in [0.29, 0.717) is 12.1 Å². The van der Waals surface area contributed by atoms with Crippen molar-refractivity contribution in [2.24, 2.45) is 0 Å². The zero-order chi connectivity index (χ0) is 24.3. The topological polar surface area (TPSA) is 59.3 Å². The fraction of sp³-hybridized carbons (Fsp3) is 0.0333. The zero-order valence-corrected chi connectivity index (χ0v) is 20.2. The lowest BCUT2D eigenvalue weighted by Crippen LogP contribution is -2.22. The molecule has 0 aliphatic carbocycles. The van der Waals surface area contributed by atoms with Crippen LogP contribution in [0.5, 0.6) is 0 Å². The van der Waals surface area contributed by atoms with E-state index in [1.165, 1.54) is 0 Å². The lowest BCUT2D eigenvalue weighted by Gasteiger charge is -2.06. The molecule has 0 unspecified atom stereocenters. The molecule has 0 saturated carbocycles. The van der Waals surface area contributed by atoms with Gasteiger partial charge >= 0.3 is 0 Å². The van der Waals surface area contributed by atoms with Crippen molar-refractivity contribution in [2.45, 2.75) is 6.54 Å². The lowest BCUT2D eigenvalue weighted by molar-refractivity contribution is 0.0951. The van der Waals surface area contributed by atoms with Crippen molar-refractivity contribution in [1.82, 2.24) is 19.7 Å². The number of rotatable bonds is 6. The van der Waals surface area contributed by atoms with Crippen molar-refractivity contribution in [1.29, 1.82) is 0 Å². The highest BCUT2D eigenvalue weighted by Crippen LogP contribution is 2.29. The lowest BCUT2D eigenvalue weighted by atomic mass is 10.1. The van der Waals surface area contributed by atoms with Gasteiger partial charge in [0.2, 0.25) is 0 Å². The highest BCUT2D eigenvalue weighted by molar-refractivity contribution is 7.13. The molecule has 0 aliphatic heterocycles. The molecule has 0 atom stereocenters. The highest BCUT2D eigenvalue weighted by atomic mass is 32.1. The fourth-order valence-corrected chi connectivity index (χ4v) is 4.90. The average molecular weight is 487 g/mol. The zero-order valence-electron chi connectivity index (χ0n) is 19.3. The molecule has 0 aliphatic rings. The van der Waals surface area contributed by atoms with Crippen molar-refractivity contribution >= 4 is 22.9 Å². The number of hydrogen-bond acceptors (Lipinski definition) is 4. The third-order valence-corrected chi connectivity index (χ3v) is 6.91. The number of carbonyl (C=O) groups is 1. The number of amides is 1. The van der Waals surface area contributed by atoms with Crippen LogP contribution in [0.1, 0.15) is 15.9 Å². The van der Waals surface area contributed by atoms with Gasteiger partial charge in [-0.15, -0.1) is 11.3 Å². The summed E-state index contributed by atoms with van der Waals surface area (Å²) >= 11 is 1.63. The van der Waals surface area contributed by atoms with E-state index in [9.17, 15) is 4.79 Å². The standard InChI is InChI=1S/C30H22N4OS/c35-29(25-15-16-34-19-26(32-28(34)17-25)22-7-3-1-4-8-22)31-18-21-11-13-24(14-12-21)30-33-27(20-36-30)23-9-5-2-6-10-23/h1-17,19-20H,18H2,(H,31,35). The minimum Gasteiger partial charge on any atom is -0.348 e. The second-order valence-electron chi connectivity index (χ2n) is 8.46. The molecule has 3 aromatic heterocycles. The molecule has 6 aromatic rings. The second-order valence-corrected chi connectivity index (χ2v) is 9.31. The summed E-state index contributed by atoms with van der Waals surface area (Å²) in [6.45, 7) is 0.446. The Morgan fingerprint density at radius 3 is 2.19 bits per heavy atom. The summed E-state index contributed by atoms with van der Waals surface area (Å²) in [6.07, 6.45) is 3.84. The Kier molecular flexibility index (Phi) is 5.85. The molecule has 174 valence electrons. The summed E-state index contributed by atoms with van der Waals surface area (Å²) in [5.41, 5.74) is 7.44. The normalized spacial score (nSPS) is 11.0. The van der Waals surface area contributed by atoms with Crippen LogP contribution in [0.25, 0.3) is 38.7 Å². The summed E-state index contributed by atoms with van der Waals surface area (Å²) in [7, 11) is 0. The summed E-state index contributed by atoms with van der Waals surface area (Å²) < 4.78 is 1.93. The molecule has 0 fully saturated rings. The maximum Gasteiger partial charge on any atom is 0.251 e. The molecule has 36 heavy (non-hydrogen) atoms. The van der Waals surface area contributed by atoms with Crippen LogP contribution in [0.15, 0.2) is 115 Å². The number of fused-ring (bicyclic) bond motifs is 1. The first-order valence-corrected chi connectivity index (χ1v) is 12.5. The largest absolute Gasteiger partial charge is 0.348 e. The molecule has 3 aromatic carbocycles. The summed E-state index contributed by atoms with van der Waals surface area (Å²) in [5, 5.41) is 6.07. The van der Waals surface area contributed by atoms with Crippen LogP contribution in [-0.4, -0.2) is 20.3 Å². The Morgan fingerprint density at radius 1 is 0.778 bits per heavy atom. The molecule has 6 rings (SSSR count). The van der Waals surface area contributed by atoms with Gasteiger partial charge in [0.15, 0.2) is 0 Å². The van der Waals surface area contributed by atoms with Crippen LogP contribution in [-0.2, 0) is 6.54 Å². The molecule has 0 bridgehead atoms.